The Labute approximate surface area is 187 Å². The van der Waals surface area contributed by atoms with Crippen LogP contribution in [0.5, 0.6) is 11.5 Å². The molecule has 4 aromatic rings. The van der Waals surface area contributed by atoms with Gasteiger partial charge in [0.2, 0.25) is 0 Å². The summed E-state index contributed by atoms with van der Waals surface area (Å²) >= 11 is 0.287. The molecule has 0 aliphatic rings. The van der Waals surface area contributed by atoms with Crippen LogP contribution in [0, 0.1) is 11.6 Å². The molecular weight excluding hydrogens is 465 g/mol. The summed E-state index contributed by atoms with van der Waals surface area (Å²) in [5.74, 6) is -2.40. The number of benzene rings is 2. The zero-order chi connectivity index (χ0) is 23.6. The Bertz CT molecular complexity index is 1290. The van der Waals surface area contributed by atoms with Gasteiger partial charge in [-0.1, -0.05) is 17.4 Å². The Balaban J connectivity index is 1.52. The summed E-state index contributed by atoms with van der Waals surface area (Å²) in [6, 6.07) is 12.7. The highest BCUT2D eigenvalue weighted by Gasteiger charge is 2.38. The molecule has 0 aliphatic carbocycles. The van der Waals surface area contributed by atoms with Crippen molar-refractivity contribution in [3.05, 3.63) is 88.9 Å². The van der Waals surface area contributed by atoms with Crippen LogP contribution in [0.4, 0.5) is 27.1 Å². The molecule has 168 valence electrons. The molecule has 2 aromatic heterocycles. The molecule has 0 radical (unpaired) electrons. The number of thiazole rings is 1. The predicted molar refractivity (Wildman–Crippen MR) is 111 cm³/mol. The quantitative estimate of drug-likeness (QED) is 0.331. The topological polar surface area (TPSA) is 64.1 Å². The van der Waals surface area contributed by atoms with E-state index in [-0.39, 0.29) is 44.9 Å². The molecule has 33 heavy (non-hydrogen) atoms. The average molecular weight is 477 g/mol. The van der Waals surface area contributed by atoms with Gasteiger partial charge in [-0.25, -0.2) is 13.8 Å². The van der Waals surface area contributed by atoms with Crippen LogP contribution in [0.25, 0.3) is 11.4 Å². The van der Waals surface area contributed by atoms with Gasteiger partial charge < -0.3 is 4.74 Å². The highest BCUT2D eigenvalue weighted by atomic mass is 32.1. The number of pyridine rings is 1. The largest absolute Gasteiger partial charge is 0.454 e. The van der Waals surface area contributed by atoms with Gasteiger partial charge >= 0.3 is 6.18 Å². The van der Waals surface area contributed by atoms with Crippen molar-refractivity contribution in [3.63, 3.8) is 0 Å². The number of anilines is 1. The highest BCUT2D eigenvalue weighted by molar-refractivity contribution is 7.16. The fraction of sp³-hybridized carbons (Fsp3) is 0.0455. The van der Waals surface area contributed by atoms with Gasteiger partial charge in [0.15, 0.2) is 16.7 Å². The number of carbonyl (C=O) groups is 1. The molecule has 0 unspecified atom stereocenters. The first-order chi connectivity index (χ1) is 15.7. The van der Waals surface area contributed by atoms with E-state index in [1.807, 2.05) is 0 Å². The monoisotopic (exact) mass is 477 g/mol. The Morgan fingerprint density at radius 3 is 2.39 bits per heavy atom. The minimum atomic E-state index is -4.68. The maximum absolute atomic E-state index is 13.7. The molecule has 0 spiro atoms. The second kappa shape index (κ2) is 8.94. The first kappa shape index (κ1) is 22.3. The summed E-state index contributed by atoms with van der Waals surface area (Å²) in [6.07, 6.45) is -3.34. The normalized spacial score (nSPS) is 11.3. The van der Waals surface area contributed by atoms with Crippen LogP contribution in [0.15, 0.2) is 66.9 Å². The molecule has 2 aromatic carbocycles. The zero-order valence-corrected chi connectivity index (χ0v) is 17.2. The number of hydrogen-bond donors (Lipinski definition) is 1. The number of aromatic nitrogens is 2. The summed E-state index contributed by atoms with van der Waals surface area (Å²) in [5.41, 5.74) is -0.255. The summed E-state index contributed by atoms with van der Waals surface area (Å²) in [4.78, 5) is 19.3. The first-order valence-electron chi connectivity index (χ1n) is 9.24. The van der Waals surface area contributed by atoms with E-state index in [2.05, 4.69) is 15.3 Å². The van der Waals surface area contributed by atoms with Gasteiger partial charge in [0.1, 0.15) is 22.1 Å². The summed E-state index contributed by atoms with van der Waals surface area (Å²) < 4.78 is 72.4. The van der Waals surface area contributed by atoms with Gasteiger partial charge in [-0.15, -0.1) is 0 Å². The van der Waals surface area contributed by atoms with Crippen LogP contribution in [-0.2, 0) is 6.18 Å². The van der Waals surface area contributed by atoms with Gasteiger partial charge in [0.25, 0.3) is 5.91 Å². The van der Waals surface area contributed by atoms with E-state index in [9.17, 15) is 26.7 Å². The van der Waals surface area contributed by atoms with Crippen LogP contribution in [0.1, 0.15) is 15.2 Å². The molecule has 0 saturated carbocycles. The zero-order valence-electron chi connectivity index (χ0n) is 16.4. The number of nitrogens with one attached hydrogen (secondary N) is 1. The van der Waals surface area contributed by atoms with E-state index in [0.29, 0.717) is 6.07 Å². The van der Waals surface area contributed by atoms with Gasteiger partial charge in [0, 0.05) is 17.8 Å². The molecule has 5 nitrogen and oxygen atoms in total. The summed E-state index contributed by atoms with van der Waals surface area (Å²) in [7, 11) is 0. The van der Waals surface area contributed by atoms with Crippen molar-refractivity contribution >= 4 is 22.4 Å². The third-order valence-electron chi connectivity index (χ3n) is 4.25. The maximum Gasteiger partial charge on any atom is 0.427 e. The van der Waals surface area contributed by atoms with Crippen molar-refractivity contribution in [2.45, 2.75) is 6.18 Å². The van der Waals surface area contributed by atoms with E-state index < -0.39 is 28.6 Å². The number of hydrogen-bond acceptors (Lipinski definition) is 5. The maximum atomic E-state index is 13.7. The number of nitrogens with zero attached hydrogens (tertiary/aromatic N) is 2. The molecule has 1 N–H and O–H groups in total. The number of alkyl halides is 3. The van der Waals surface area contributed by atoms with Crippen LogP contribution in [0.3, 0.4) is 0 Å². The van der Waals surface area contributed by atoms with Crippen molar-refractivity contribution in [2.24, 2.45) is 0 Å². The molecule has 2 heterocycles. The molecule has 0 saturated heterocycles. The molecule has 11 heteroatoms. The smallest absolute Gasteiger partial charge is 0.427 e. The van der Waals surface area contributed by atoms with Crippen molar-refractivity contribution in [1.82, 2.24) is 9.97 Å². The highest BCUT2D eigenvalue weighted by Crippen LogP contribution is 2.42. The Morgan fingerprint density at radius 2 is 1.76 bits per heavy atom. The summed E-state index contributed by atoms with van der Waals surface area (Å²) in [6.45, 7) is 0. The van der Waals surface area contributed by atoms with E-state index in [0.717, 1.165) is 12.1 Å². The minimum absolute atomic E-state index is 0.0242. The molecule has 0 atom stereocenters. The number of carbonyl (C=O) groups excluding carboxylic acids is 1. The van der Waals surface area contributed by atoms with Gasteiger partial charge in [-0.3, -0.25) is 15.1 Å². The molecule has 4 rings (SSSR count). The second-order valence-electron chi connectivity index (χ2n) is 6.56. The summed E-state index contributed by atoms with van der Waals surface area (Å²) in [5, 5.41) is 2.10. The van der Waals surface area contributed by atoms with Crippen LogP contribution in [0.2, 0.25) is 0 Å². The van der Waals surface area contributed by atoms with Crippen molar-refractivity contribution in [3.8, 4) is 22.9 Å². The lowest BCUT2D eigenvalue weighted by Crippen LogP contribution is -2.11. The number of rotatable bonds is 5. The molecular formula is C22H12F5N3O2S. The van der Waals surface area contributed by atoms with Crippen molar-refractivity contribution in [1.29, 1.82) is 0 Å². The van der Waals surface area contributed by atoms with Crippen LogP contribution in [-0.4, -0.2) is 15.9 Å². The van der Waals surface area contributed by atoms with Crippen LogP contribution < -0.4 is 10.1 Å². The Morgan fingerprint density at radius 1 is 1.00 bits per heavy atom. The van der Waals surface area contributed by atoms with E-state index in [4.69, 9.17) is 4.74 Å². The fourth-order valence-corrected chi connectivity index (χ4v) is 3.61. The lowest BCUT2D eigenvalue weighted by Gasteiger charge is -2.08. The SMILES string of the molecule is O=C(Nc1nc(-c2ccccn2)c(C(F)(F)F)s1)c1ccc(Oc2ccc(F)cc2F)cc1. The van der Waals surface area contributed by atoms with Gasteiger partial charge in [-0.2, -0.15) is 13.2 Å². The standard InChI is InChI=1S/C22H12F5N3O2S/c23-13-6-9-17(15(24)11-13)32-14-7-4-12(5-8-14)20(31)30-21-29-18(16-3-1-2-10-28-16)19(33-21)22(25,26)27/h1-11H,(H,29,30,31). The lowest BCUT2D eigenvalue weighted by molar-refractivity contribution is -0.134. The van der Waals surface area contributed by atoms with Crippen molar-refractivity contribution < 1.29 is 31.5 Å². The average Bonchev–Trinajstić information content (AvgIpc) is 3.21. The lowest BCUT2D eigenvalue weighted by atomic mass is 10.2. The van der Waals surface area contributed by atoms with E-state index in [1.165, 1.54) is 42.6 Å². The van der Waals surface area contributed by atoms with Crippen molar-refractivity contribution in [2.75, 3.05) is 5.32 Å². The number of amides is 1. The number of ether oxygens (including phenoxy) is 1. The Hall–Kier alpha value is -3.86. The third kappa shape index (κ3) is 5.14. The molecule has 0 aliphatic heterocycles. The molecule has 1 amide bonds. The fourth-order valence-electron chi connectivity index (χ4n) is 2.77. The van der Waals surface area contributed by atoms with E-state index in [1.54, 1.807) is 6.07 Å². The van der Waals surface area contributed by atoms with Gasteiger partial charge in [-0.05, 0) is 48.5 Å². The molecule has 0 bridgehead atoms. The van der Waals surface area contributed by atoms with Gasteiger partial charge in [0.05, 0.1) is 5.69 Å². The third-order valence-corrected chi connectivity index (χ3v) is 5.27. The molecule has 0 fully saturated rings. The first-order valence-corrected chi connectivity index (χ1v) is 10.1. The van der Waals surface area contributed by atoms with E-state index >= 15 is 0 Å². The number of halogens is 5. The second-order valence-corrected chi connectivity index (χ2v) is 7.56. The predicted octanol–water partition coefficient (Wildman–Crippen LogP) is 6.55. The Kier molecular flexibility index (Phi) is 6.05. The minimum Gasteiger partial charge on any atom is -0.454 e. The van der Waals surface area contributed by atoms with Crippen LogP contribution >= 0.6 is 11.3 Å².